The average molecular weight is 438 g/mol. The van der Waals surface area contributed by atoms with Crippen molar-refractivity contribution in [1.82, 2.24) is 0 Å². The van der Waals surface area contributed by atoms with Crippen molar-refractivity contribution in [2.45, 2.75) is 11.2 Å². The second kappa shape index (κ2) is 8.22. The molecule has 2 unspecified atom stereocenters. The third-order valence-electron chi connectivity index (χ3n) is 5.56. The van der Waals surface area contributed by atoms with Gasteiger partial charge in [0.25, 0.3) is 0 Å². The molecule has 0 aliphatic rings. The van der Waals surface area contributed by atoms with Gasteiger partial charge in [0, 0.05) is 0 Å². The largest absolute Gasteiger partial charge is 0.376 e. The Morgan fingerprint density at radius 2 is 0.688 bits per heavy atom. The molecule has 6 heteroatoms. The van der Waals surface area contributed by atoms with Gasteiger partial charge in [-0.05, 0) is 35.4 Å². The van der Waals surface area contributed by atoms with Crippen LogP contribution in [0.5, 0.6) is 0 Å². The predicted molar refractivity (Wildman–Crippen MR) is 112 cm³/mol. The van der Waals surface area contributed by atoms with Crippen LogP contribution in [0.2, 0.25) is 0 Å². The van der Waals surface area contributed by atoms with Gasteiger partial charge < -0.3 is 10.2 Å². The van der Waals surface area contributed by atoms with Crippen molar-refractivity contribution in [1.29, 1.82) is 0 Å². The fourth-order valence-corrected chi connectivity index (χ4v) is 4.11. The van der Waals surface area contributed by atoms with Gasteiger partial charge in [-0.15, -0.1) is 0 Å². The summed E-state index contributed by atoms with van der Waals surface area (Å²) >= 11 is 0. The molecule has 0 bridgehead atoms. The Morgan fingerprint density at radius 1 is 0.406 bits per heavy atom. The van der Waals surface area contributed by atoms with E-state index in [-0.39, 0.29) is 11.1 Å². The molecular weight excluding hydrogens is 420 g/mol. The molecule has 2 N–H and O–H groups in total. The van der Waals surface area contributed by atoms with Crippen molar-refractivity contribution in [3.63, 3.8) is 0 Å². The minimum Gasteiger partial charge on any atom is -0.376 e. The number of aliphatic hydroxyl groups is 2. The number of benzene rings is 4. The zero-order chi connectivity index (χ0) is 22.9. The van der Waals surface area contributed by atoms with Crippen LogP contribution in [0.1, 0.15) is 22.3 Å². The summed E-state index contributed by atoms with van der Waals surface area (Å²) in [5.74, 6) is -4.77. The van der Waals surface area contributed by atoms with Crippen LogP contribution in [0, 0.1) is 23.3 Å². The van der Waals surface area contributed by atoms with E-state index in [9.17, 15) is 10.2 Å². The van der Waals surface area contributed by atoms with E-state index < -0.39 is 45.6 Å². The van der Waals surface area contributed by atoms with E-state index >= 15 is 17.6 Å². The van der Waals surface area contributed by atoms with E-state index in [2.05, 4.69) is 0 Å². The smallest absolute Gasteiger partial charge is 0.157 e. The standard InChI is InChI=1S/C26H18F4O2/c27-19-13-7-14-20(28)23(19)25(31,17-9-3-1-4-10-17)26(32,18-11-5-2-6-12-18)24-21(29)15-8-16-22(24)30/h1-16,31-32H. The predicted octanol–water partition coefficient (Wildman–Crippen LogP) is 5.42. The number of hydrogen-bond donors (Lipinski definition) is 2. The Morgan fingerprint density at radius 3 is 0.969 bits per heavy atom. The van der Waals surface area contributed by atoms with Crippen molar-refractivity contribution < 1.29 is 27.8 Å². The summed E-state index contributed by atoms with van der Waals surface area (Å²) < 4.78 is 60.4. The number of rotatable bonds is 5. The molecule has 0 fully saturated rings. The Hall–Kier alpha value is -3.48. The molecule has 0 spiro atoms. The SMILES string of the molecule is OC(c1ccccc1)(c1c(F)cccc1F)C(O)(c1ccccc1)c1c(F)cccc1F. The third-order valence-corrected chi connectivity index (χ3v) is 5.56. The highest BCUT2D eigenvalue weighted by Gasteiger charge is 2.58. The van der Waals surface area contributed by atoms with E-state index in [0.29, 0.717) is 0 Å². The lowest BCUT2D eigenvalue weighted by Gasteiger charge is -2.45. The molecule has 2 nitrogen and oxygen atoms in total. The first-order chi connectivity index (χ1) is 15.3. The molecule has 0 aliphatic heterocycles. The lowest BCUT2D eigenvalue weighted by Crippen LogP contribution is -2.53. The molecule has 4 aromatic rings. The lowest BCUT2D eigenvalue weighted by molar-refractivity contribution is -0.119. The zero-order valence-electron chi connectivity index (χ0n) is 16.6. The van der Waals surface area contributed by atoms with Crippen LogP contribution in [0.25, 0.3) is 0 Å². The van der Waals surface area contributed by atoms with Crippen molar-refractivity contribution in [2.24, 2.45) is 0 Å². The van der Waals surface area contributed by atoms with Gasteiger partial charge in [0.05, 0.1) is 11.1 Å². The zero-order valence-corrected chi connectivity index (χ0v) is 16.6. The van der Waals surface area contributed by atoms with Crippen LogP contribution in [-0.2, 0) is 11.2 Å². The highest BCUT2D eigenvalue weighted by atomic mass is 19.1. The monoisotopic (exact) mass is 438 g/mol. The molecule has 4 rings (SSSR count). The summed E-state index contributed by atoms with van der Waals surface area (Å²) in [5.41, 5.74) is -8.15. The van der Waals surface area contributed by atoms with Gasteiger partial charge in [0.15, 0.2) is 11.2 Å². The Balaban J connectivity index is 2.23. The number of halogens is 4. The summed E-state index contributed by atoms with van der Waals surface area (Å²) in [5, 5.41) is 24.3. The summed E-state index contributed by atoms with van der Waals surface area (Å²) in [7, 11) is 0. The van der Waals surface area contributed by atoms with Crippen LogP contribution < -0.4 is 0 Å². The summed E-state index contributed by atoms with van der Waals surface area (Å²) in [6.07, 6.45) is 0. The maximum Gasteiger partial charge on any atom is 0.157 e. The molecule has 0 saturated carbocycles. The molecule has 4 aromatic carbocycles. The highest BCUT2D eigenvalue weighted by Crippen LogP contribution is 2.52. The highest BCUT2D eigenvalue weighted by molar-refractivity contribution is 5.51. The fraction of sp³-hybridized carbons (Fsp3) is 0.0769. The van der Waals surface area contributed by atoms with Crippen LogP contribution in [0.4, 0.5) is 17.6 Å². The van der Waals surface area contributed by atoms with E-state index in [4.69, 9.17) is 0 Å². The number of hydrogen-bond acceptors (Lipinski definition) is 2. The minimum atomic E-state index is -2.96. The quantitative estimate of drug-likeness (QED) is 0.409. The molecular formula is C26H18F4O2. The molecule has 0 saturated heterocycles. The van der Waals surface area contributed by atoms with Crippen LogP contribution in [-0.4, -0.2) is 10.2 Å². The van der Waals surface area contributed by atoms with Gasteiger partial charge in [-0.2, -0.15) is 0 Å². The van der Waals surface area contributed by atoms with Crippen molar-refractivity contribution in [3.8, 4) is 0 Å². The Labute approximate surface area is 182 Å². The first-order valence-electron chi connectivity index (χ1n) is 9.76. The molecule has 162 valence electrons. The van der Waals surface area contributed by atoms with Crippen LogP contribution >= 0.6 is 0 Å². The Bertz CT molecular complexity index is 1110. The summed E-state index contributed by atoms with van der Waals surface area (Å²) in [6, 6.07) is 20.1. The van der Waals surface area contributed by atoms with Gasteiger partial charge in [-0.3, -0.25) is 0 Å². The van der Waals surface area contributed by atoms with E-state index in [1.165, 1.54) is 48.5 Å². The molecule has 0 aliphatic carbocycles. The lowest BCUT2D eigenvalue weighted by atomic mass is 9.65. The maximum atomic E-state index is 15.1. The van der Waals surface area contributed by atoms with Crippen molar-refractivity contribution in [3.05, 3.63) is 143 Å². The molecule has 0 aromatic heterocycles. The minimum absolute atomic E-state index is 0.169. The van der Waals surface area contributed by atoms with Gasteiger partial charge >= 0.3 is 0 Å². The van der Waals surface area contributed by atoms with E-state index in [1.54, 1.807) is 12.1 Å². The normalized spacial score (nSPS) is 15.1. The Kier molecular flexibility index (Phi) is 5.59. The second-order valence-electron chi connectivity index (χ2n) is 7.35. The van der Waals surface area contributed by atoms with E-state index in [1.807, 2.05) is 0 Å². The van der Waals surface area contributed by atoms with Gasteiger partial charge in [-0.1, -0.05) is 72.8 Å². The topological polar surface area (TPSA) is 40.5 Å². The summed E-state index contributed by atoms with van der Waals surface area (Å²) in [4.78, 5) is 0. The van der Waals surface area contributed by atoms with E-state index in [0.717, 1.165) is 36.4 Å². The van der Waals surface area contributed by atoms with Crippen LogP contribution in [0.15, 0.2) is 97.1 Å². The molecule has 32 heavy (non-hydrogen) atoms. The summed E-state index contributed by atoms with van der Waals surface area (Å²) in [6.45, 7) is 0. The first-order valence-corrected chi connectivity index (χ1v) is 9.76. The van der Waals surface area contributed by atoms with Crippen molar-refractivity contribution in [2.75, 3.05) is 0 Å². The maximum absolute atomic E-state index is 15.1. The first kappa shape index (κ1) is 21.7. The molecule has 0 amide bonds. The third kappa shape index (κ3) is 3.20. The molecule has 2 atom stereocenters. The van der Waals surface area contributed by atoms with Gasteiger partial charge in [0.1, 0.15) is 23.3 Å². The van der Waals surface area contributed by atoms with Crippen molar-refractivity contribution >= 4 is 0 Å². The van der Waals surface area contributed by atoms with Gasteiger partial charge in [0.2, 0.25) is 0 Å². The second-order valence-corrected chi connectivity index (χ2v) is 7.35. The van der Waals surface area contributed by atoms with Crippen LogP contribution in [0.3, 0.4) is 0 Å². The fourth-order valence-electron chi connectivity index (χ4n) is 4.11. The molecule has 0 heterocycles. The molecule has 0 radical (unpaired) electrons. The van der Waals surface area contributed by atoms with Gasteiger partial charge in [-0.25, -0.2) is 17.6 Å². The average Bonchev–Trinajstić information content (AvgIpc) is 2.79.